The molecule has 0 bridgehead atoms. The zero-order valence-corrected chi connectivity index (χ0v) is 10.0. The van der Waals surface area contributed by atoms with Crippen LogP contribution >= 0.6 is 0 Å². The van der Waals surface area contributed by atoms with E-state index in [9.17, 15) is 0 Å². The Balaban J connectivity index is 1.99. The largest absolute Gasteiger partial charge is 0.353 e. The zero-order chi connectivity index (χ0) is 13.1. The monoisotopic (exact) mass is 246 g/mol. The first-order chi connectivity index (χ1) is 9.36. The molecule has 0 saturated carbocycles. The van der Waals surface area contributed by atoms with Crippen LogP contribution in [0, 0.1) is 11.3 Å². The second-order valence-electron chi connectivity index (χ2n) is 4.07. The second-order valence-corrected chi connectivity index (χ2v) is 4.07. The summed E-state index contributed by atoms with van der Waals surface area (Å²) in [7, 11) is 0. The standard InChI is InChI=1S/C15H10N4/c16-9-15-14(2-1-6-18-15)19-13-4-3-11-5-7-17-10-12(11)8-13/h1-8,10,19H. The maximum Gasteiger partial charge on any atom is 0.163 e. The van der Waals surface area contributed by atoms with Crippen LogP contribution in [-0.4, -0.2) is 9.97 Å². The fourth-order valence-electron chi connectivity index (χ4n) is 1.91. The number of aromatic nitrogens is 2. The smallest absolute Gasteiger partial charge is 0.163 e. The van der Waals surface area contributed by atoms with Crippen molar-refractivity contribution in [1.82, 2.24) is 9.97 Å². The summed E-state index contributed by atoms with van der Waals surface area (Å²) in [5.41, 5.74) is 1.99. The van der Waals surface area contributed by atoms with E-state index in [1.165, 1.54) is 0 Å². The minimum Gasteiger partial charge on any atom is -0.353 e. The first-order valence-electron chi connectivity index (χ1n) is 5.83. The summed E-state index contributed by atoms with van der Waals surface area (Å²) in [6, 6.07) is 13.6. The van der Waals surface area contributed by atoms with Gasteiger partial charge in [-0.2, -0.15) is 5.26 Å². The van der Waals surface area contributed by atoms with Crippen molar-refractivity contribution in [2.45, 2.75) is 0 Å². The Hall–Kier alpha value is -2.93. The van der Waals surface area contributed by atoms with Crippen LogP contribution in [0.2, 0.25) is 0 Å². The zero-order valence-electron chi connectivity index (χ0n) is 10.0. The van der Waals surface area contributed by atoms with Crippen molar-refractivity contribution in [3.63, 3.8) is 0 Å². The van der Waals surface area contributed by atoms with Gasteiger partial charge >= 0.3 is 0 Å². The quantitative estimate of drug-likeness (QED) is 0.754. The predicted molar refractivity (Wildman–Crippen MR) is 74.0 cm³/mol. The summed E-state index contributed by atoms with van der Waals surface area (Å²) in [4.78, 5) is 8.12. The van der Waals surface area contributed by atoms with E-state index in [-0.39, 0.29) is 0 Å². The van der Waals surface area contributed by atoms with E-state index in [1.54, 1.807) is 18.5 Å². The van der Waals surface area contributed by atoms with Gasteiger partial charge in [0.1, 0.15) is 6.07 Å². The first kappa shape index (κ1) is 11.2. The number of nitrogens with zero attached hydrogens (tertiary/aromatic N) is 3. The molecule has 0 aliphatic rings. The van der Waals surface area contributed by atoms with Crippen molar-refractivity contribution >= 4 is 22.1 Å². The molecule has 4 heteroatoms. The highest BCUT2D eigenvalue weighted by Crippen LogP contribution is 2.22. The first-order valence-corrected chi connectivity index (χ1v) is 5.83. The lowest BCUT2D eigenvalue weighted by atomic mass is 10.1. The van der Waals surface area contributed by atoms with E-state index in [4.69, 9.17) is 5.26 Å². The number of rotatable bonds is 2. The van der Waals surface area contributed by atoms with E-state index < -0.39 is 0 Å². The molecule has 3 aromatic rings. The van der Waals surface area contributed by atoms with Gasteiger partial charge in [-0.05, 0) is 35.7 Å². The molecule has 0 amide bonds. The molecule has 0 radical (unpaired) electrons. The number of anilines is 2. The van der Waals surface area contributed by atoms with Gasteiger partial charge in [-0.15, -0.1) is 0 Å². The van der Waals surface area contributed by atoms with Gasteiger partial charge in [-0.1, -0.05) is 6.07 Å². The van der Waals surface area contributed by atoms with Crippen LogP contribution in [0.4, 0.5) is 11.4 Å². The molecular weight excluding hydrogens is 236 g/mol. The summed E-state index contributed by atoms with van der Waals surface area (Å²) >= 11 is 0. The SMILES string of the molecule is N#Cc1ncccc1Nc1ccc2ccncc2c1. The summed E-state index contributed by atoms with van der Waals surface area (Å²) in [5.74, 6) is 0. The highest BCUT2D eigenvalue weighted by atomic mass is 14.9. The Kier molecular flexibility index (Phi) is 2.79. The molecule has 0 atom stereocenters. The molecule has 0 unspecified atom stereocenters. The topological polar surface area (TPSA) is 61.6 Å². The van der Waals surface area contributed by atoms with Crippen LogP contribution in [0.1, 0.15) is 5.69 Å². The van der Waals surface area contributed by atoms with Gasteiger partial charge in [0.2, 0.25) is 0 Å². The molecule has 19 heavy (non-hydrogen) atoms. The van der Waals surface area contributed by atoms with Crippen molar-refractivity contribution in [3.8, 4) is 6.07 Å². The van der Waals surface area contributed by atoms with Crippen LogP contribution in [-0.2, 0) is 0 Å². The summed E-state index contributed by atoms with van der Waals surface area (Å²) in [6.45, 7) is 0. The van der Waals surface area contributed by atoms with Gasteiger partial charge < -0.3 is 5.32 Å². The Bertz CT molecular complexity index is 774. The van der Waals surface area contributed by atoms with Crippen molar-refractivity contribution in [3.05, 3.63) is 60.7 Å². The number of fused-ring (bicyclic) bond motifs is 1. The van der Waals surface area contributed by atoms with Crippen molar-refractivity contribution in [2.24, 2.45) is 0 Å². The average Bonchev–Trinajstić information content (AvgIpc) is 2.48. The minimum atomic E-state index is 0.383. The van der Waals surface area contributed by atoms with E-state index in [1.807, 2.05) is 36.5 Å². The third-order valence-corrected chi connectivity index (χ3v) is 2.83. The van der Waals surface area contributed by atoms with Gasteiger partial charge in [-0.3, -0.25) is 4.98 Å². The minimum absolute atomic E-state index is 0.383. The van der Waals surface area contributed by atoms with Gasteiger partial charge in [0.15, 0.2) is 5.69 Å². The van der Waals surface area contributed by atoms with Gasteiger partial charge in [0.25, 0.3) is 0 Å². The molecule has 1 N–H and O–H groups in total. The van der Waals surface area contributed by atoms with Crippen molar-refractivity contribution in [2.75, 3.05) is 5.32 Å². The molecule has 0 saturated heterocycles. The maximum absolute atomic E-state index is 9.01. The Morgan fingerprint density at radius 3 is 2.89 bits per heavy atom. The Morgan fingerprint density at radius 1 is 1.05 bits per heavy atom. The fraction of sp³-hybridized carbons (Fsp3) is 0. The Labute approximate surface area is 110 Å². The third kappa shape index (κ3) is 2.22. The van der Waals surface area contributed by atoms with Crippen LogP contribution in [0.5, 0.6) is 0 Å². The molecule has 4 nitrogen and oxygen atoms in total. The van der Waals surface area contributed by atoms with Crippen LogP contribution in [0.25, 0.3) is 10.8 Å². The summed E-state index contributed by atoms with van der Waals surface area (Å²) in [6.07, 6.45) is 5.19. The molecule has 90 valence electrons. The molecule has 2 aromatic heterocycles. The van der Waals surface area contributed by atoms with Crippen LogP contribution < -0.4 is 5.32 Å². The lowest BCUT2D eigenvalue weighted by molar-refractivity contribution is 1.26. The predicted octanol–water partition coefficient (Wildman–Crippen LogP) is 3.25. The van der Waals surface area contributed by atoms with E-state index in [2.05, 4.69) is 21.4 Å². The second kappa shape index (κ2) is 4.75. The highest BCUT2D eigenvalue weighted by molar-refractivity contribution is 5.85. The lowest BCUT2D eigenvalue weighted by Crippen LogP contribution is -1.95. The molecule has 0 aliphatic carbocycles. The molecule has 0 aliphatic heterocycles. The average molecular weight is 246 g/mol. The molecule has 1 aromatic carbocycles. The highest BCUT2D eigenvalue weighted by Gasteiger charge is 2.03. The third-order valence-electron chi connectivity index (χ3n) is 2.83. The van der Waals surface area contributed by atoms with Crippen molar-refractivity contribution < 1.29 is 0 Å². The van der Waals surface area contributed by atoms with Crippen LogP contribution in [0.3, 0.4) is 0 Å². The van der Waals surface area contributed by atoms with E-state index in [0.717, 1.165) is 16.5 Å². The molecule has 3 rings (SSSR count). The van der Waals surface area contributed by atoms with Crippen molar-refractivity contribution in [1.29, 1.82) is 5.26 Å². The maximum atomic E-state index is 9.01. The normalized spacial score (nSPS) is 10.1. The Morgan fingerprint density at radius 2 is 2.00 bits per heavy atom. The number of hydrogen-bond acceptors (Lipinski definition) is 4. The van der Waals surface area contributed by atoms with E-state index in [0.29, 0.717) is 11.4 Å². The van der Waals surface area contributed by atoms with Gasteiger partial charge in [-0.25, -0.2) is 4.98 Å². The molecule has 2 heterocycles. The summed E-state index contributed by atoms with van der Waals surface area (Å²) in [5, 5.41) is 14.4. The molecular formula is C15H10N4. The van der Waals surface area contributed by atoms with Gasteiger partial charge in [0, 0.05) is 29.7 Å². The lowest BCUT2D eigenvalue weighted by Gasteiger charge is -2.08. The number of benzene rings is 1. The fourth-order valence-corrected chi connectivity index (χ4v) is 1.91. The number of hydrogen-bond donors (Lipinski definition) is 1. The molecule has 0 fully saturated rings. The number of nitriles is 1. The number of nitrogens with one attached hydrogen (secondary N) is 1. The van der Waals surface area contributed by atoms with Gasteiger partial charge in [0.05, 0.1) is 5.69 Å². The van der Waals surface area contributed by atoms with Crippen LogP contribution in [0.15, 0.2) is 55.0 Å². The summed E-state index contributed by atoms with van der Waals surface area (Å²) < 4.78 is 0. The number of pyridine rings is 2. The molecule has 0 spiro atoms. The van der Waals surface area contributed by atoms with E-state index >= 15 is 0 Å².